The lowest BCUT2D eigenvalue weighted by Crippen LogP contribution is -2.32. The van der Waals surface area contributed by atoms with E-state index in [-0.39, 0.29) is 6.03 Å². The number of anilines is 2. The van der Waals surface area contributed by atoms with Crippen molar-refractivity contribution in [2.75, 3.05) is 23.7 Å². The number of urea groups is 1. The van der Waals surface area contributed by atoms with Gasteiger partial charge in [-0.05, 0) is 19.1 Å². The molecule has 0 saturated carbocycles. The first-order valence-corrected chi connectivity index (χ1v) is 5.87. The lowest BCUT2D eigenvalue weighted by molar-refractivity contribution is 0.251. The third kappa shape index (κ3) is 4.30. The second kappa shape index (κ2) is 6.39. The van der Waals surface area contributed by atoms with E-state index in [4.69, 9.17) is 4.52 Å². The highest BCUT2D eigenvalue weighted by Gasteiger charge is 2.04. The van der Waals surface area contributed by atoms with Crippen molar-refractivity contribution in [3.63, 3.8) is 0 Å². The normalized spacial score (nSPS) is 9.95. The fraction of sp³-hybridized carbons (Fsp3) is 0.250. The van der Waals surface area contributed by atoms with Gasteiger partial charge in [-0.1, -0.05) is 11.2 Å². The maximum Gasteiger partial charge on any atom is 0.321 e. The Balaban J connectivity index is 1.64. The van der Waals surface area contributed by atoms with Crippen molar-refractivity contribution in [2.45, 2.75) is 6.92 Å². The Kier molecular flexibility index (Phi) is 4.33. The summed E-state index contributed by atoms with van der Waals surface area (Å²) in [4.78, 5) is 15.6. The van der Waals surface area contributed by atoms with Gasteiger partial charge < -0.3 is 15.2 Å². The minimum atomic E-state index is -0.334. The fourth-order valence-corrected chi connectivity index (χ4v) is 1.41. The average molecular weight is 261 g/mol. The zero-order valence-electron chi connectivity index (χ0n) is 10.5. The van der Waals surface area contributed by atoms with Crippen LogP contribution in [0.5, 0.6) is 0 Å². The van der Waals surface area contributed by atoms with Gasteiger partial charge in [-0.3, -0.25) is 5.32 Å². The zero-order chi connectivity index (χ0) is 13.5. The molecule has 100 valence electrons. The van der Waals surface area contributed by atoms with E-state index in [1.165, 1.54) is 0 Å². The summed E-state index contributed by atoms with van der Waals surface area (Å²) in [6.07, 6.45) is 1.70. The Hall–Kier alpha value is -2.57. The number of aryl methyl sites for hydroxylation is 1. The molecule has 2 aromatic rings. The SMILES string of the molecule is Cc1cc(NC(=O)NCCNc2ccccn2)on1. The highest BCUT2D eigenvalue weighted by molar-refractivity contribution is 5.87. The number of rotatable bonds is 5. The Morgan fingerprint density at radius 1 is 1.37 bits per heavy atom. The van der Waals surface area contributed by atoms with Crippen LogP contribution in [-0.4, -0.2) is 29.3 Å². The van der Waals surface area contributed by atoms with Crippen LogP contribution in [-0.2, 0) is 0 Å². The second-order valence-electron chi connectivity index (χ2n) is 3.86. The van der Waals surface area contributed by atoms with Crippen LogP contribution in [0.2, 0.25) is 0 Å². The molecule has 0 unspecified atom stereocenters. The van der Waals surface area contributed by atoms with E-state index in [0.29, 0.717) is 24.7 Å². The van der Waals surface area contributed by atoms with Crippen LogP contribution >= 0.6 is 0 Å². The standard InChI is InChI=1S/C12H15N5O2/c1-9-8-11(19-17-9)16-12(18)15-7-6-14-10-4-2-3-5-13-10/h2-5,8H,6-7H2,1H3,(H,13,14)(H2,15,16,18). The average Bonchev–Trinajstić information content (AvgIpc) is 2.81. The largest absolute Gasteiger partial charge is 0.368 e. The minimum Gasteiger partial charge on any atom is -0.368 e. The van der Waals surface area contributed by atoms with Gasteiger partial charge in [0.15, 0.2) is 0 Å². The molecule has 0 aliphatic carbocycles. The molecule has 0 radical (unpaired) electrons. The molecule has 0 saturated heterocycles. The summed E-state index contributed by atoms with van der Waals surface area (Å²) < 4.78 is 4.86. The van der Waals surface area contributed by atoms with Gasteiger partial charge in [-0.15, -0.1) is 0 Å². The van der Waals surface area contributed by atoms with Crippen molar-refractivity contribution >= 4 is 17.7 Å². The van der Waals surface area contributed by atoms with Crippen LogP contribution in [0.4, 0.5) is 16.5 Å². The molecule has 19 heavy (non-hydrogen) atoms. The summed E-state index contributed by atoms with van der Waals surface area (Å²) >= 11 is 0. The van der Waals surface area contributed by atoms with Gasteiger partial charge in [0.25, 0.3) is 0 Å². The van der Waals surface area contributed by atoms with E-state index in [2.05, 4.69) is 26.1 Å². The second-order valence-corrected chi connectivity index (χ2v) is 3.86. The van der Waals surface area contributed by atoms with Crippen molar-refractivity contribution in [3.8, 4) is 0 Å². The van der Waals surface area contributed by atoms with E-state index in [0.717, 1.165) is 5.82 Å². The highest BCUT2D eigenvalue weighted by Crippen LogP contribution is 2.07. The molecular weight excluding hydrogens is 246 g/mol. The monoisotopic (exact) mass is 261 g/mol. The molecule has 0 aromatic carbocycles. The summed E-state index contributed by atoms with van der Waals surface area (Å²) in [6.45, 7) is 2.83. The smallest absolute Gasteiger partial charge is 0.321 e. The lowest BCUT2D eigenvalue weighted by Gasteiger charge is -2.06. The van der Waals surface area contributed by atoms with Crippen LogP contribution < -0.4 is 16.0 Å². The first-order valence-electron chi connectivity index (χ1n) is 5.87. The number of hydrogen-bond acceptors (Lipinski definition) is 5. The van der Waals surface area contributed by atoms with Crippen molar-refractivity contribution in [1.29, 1.82) is 0 Å². The van der Waals surface area contributed by atoms with Gasteiger partial charge in [-0.25, -0.2) is 9.78 Å². The molecule has 2 heterocycles. The highest BCUT2D eigenvalue weighted by atomic mass is 16.5. The maximum atomic E-state index is 11.5. The number of carbonyl (C=O) groups is 1. The summed E-state index contributed by atoms with van der Waals surface area (Å²) in [6, 6.07) is 6.90. The van der Waals surface area contributed by atoms with E-state index in [1.807, 2.05) is 18.2 Å². The van der Waals surface area contributed by atoms with E-state index in [1.54, 1.807) is 19.2 Å². The quantitative estimate of drug-likeness (QED) is 0.711. The first-order chi connectivity index (χ1) is 9.24. The van der Waals surface area contributed by atoms with Crippen molar-refractivity contribution in [3.05, 3.63) is 36.2 Å². The summed E-state index contributed by atoms with van der Waals surface area (Å²) in [5.41, 5.74) is 0.715. The molecule has 2 aromatic heterocycles. The topological polar surface area (TPSA) is 92.1 Å². The van der Waals surface area contributed by atoms with Gasteiger partial charge in [0.1, 0.15) is 5.82 Å². The molecule has 3 N–H and O–H groups in total. The van der Waals surface area contributed by atoms with Crippen LogP contribution in [0.15, 0.2) is 35.0 Å². The predicted octanol–water partition coefficient (Wildman–Crippen LogP) is 1.61. The third-order valence-electron chi connectivity index (χ3n) is 2.25. The number of aromatic nitrogens is 2. The molecule has 2 rings (SSSR count). The summed E-state index contributed by atoms with van der Waals surface area (Å²) in [5.74, 6) is 1.10. The number of pyridine rings is 1. The van der Waals surface area contributed by atoms with Gasteiger partial charge in [0.2, 0.25) is 5.88 Å². The van der Waals surface area contributed by atoms with Gasteiger partial charge in [0, 0.05) is 25.4 Å². The first kappa shape index (κ1) is 12.9. The van der Waals surface area contributed by atoms with Crippen molar-refractivity contribution < 1.29 is 9.32 Å². The van der Waals surface area contributed by atoms with E-state index >= 15 is 0 Å². The maximum absolute atomic E-state index is 11.5. The van der Waals surface area contributed by atoms with Gasteiger partial charge in [0.05, 0.1) is 5.69 Å². The van der Waals surface area contributed by atoms with Crippen LogP contribution in [0.1, 0.15) is 5.69 Å². The van der Waals surface area contributed by atoms with Gasteiger partial charge in [-0.2, -0.15) is 0 Å². The van der Waals surface area contributed by atoms with E-state index < -0.39 is 0 Å². The van der Waals surface area contributed by atoms with Crippen LogP contribution in [0.3, 0.4) is 0 Å². The Bertz CT molecular complexity index is 526. The molecular formula is C12H15N5O2. The number of nitrogens with zero attached hydrogens (tertiary/aromatic N) is 2. The summed E-state index contributed by atoms with van der Waals surface area (Å²) in [5, 5.41) is 12.0. The molecule has 0 spiro atoms. The third-order valence-corrected chi connectivity index (χ3v) is 2.25. The molecule has 7 heteroatoms. The molecule has 0 fully saturated rings. The van der Waals surface area contributed by atoms with Crippen molar-refractivity contribution in [2.24, 2.45) is 0 Å². The van der Waals surface area contributed by atoms with Crippen molar-refractivity contribution in [1.82, 2.24) is 15.5 Å². The molecule has 2 amide bonds. The number of carbonyl (C=O) groups excluding carboxylic acids is 1. The molecule has 7 nitrogen and oxygen atoms in total. The predicted molar refractivity (Wildman–Crippen MR) is 71.0 cm³/mol. The Labute approximate surface area is 110 Å². The number of hydrogen-bond donors (Lipinski definition) is 3. The fourth-order valence-electron chi connectivity index (χ4n) is 1.41. The molecule has 0 atom stereocenters. The summed E-state index contributed by atoms with van der Waals surface area (Å²) in [7, 11) is 0. The zero-order valence-corrected chi connectivity index (χ0v) is 10.5. The van der Waals surface area contributed by atoms with Crippen LogP contribution in [0.25, 0.3) is 0 Å². The molecule has 0 aliphatic rings. The van der Waals surface area contributed by atoms with E-state index in [9.17, 15) is 4.79 Å². The van der Waals surface area contributed by atoms with Gasteiger partial charge >= 0.3 is 6.03 Å². The Morgan fingerprint density at radius 3 is 2.95 bits per heavy atom. The van der Waals surface area contributed by atoms with Crippen LogP contribution in [0, 0.1) is 6.92 Å². The molecule has 0 bridgehead atoms. The lowest BCUT2D eigenvalue weighted by atomic mass is 10.4. The number of amides is 2. The Morgan fingerprint density at radius 2 is 2.26 bits per heavy atom. The number of nitrogens with one attached hydrogen (secondary N) is 3. The minimum absolute atomic E-state index is 0.327. The molecule has 0 aliphatic heterocycles.